The van der Waals surface area contributed by atoms with Gasteiger partial charge in [-0.2, -0.15) is 0 Å². The third-order valence-corrected chi connectivity index (χ3v) is 6.55. The SMILES string of the molecule is Cc1ccc(SCc2cccc(C(=O)N3CCN(c4ncccn4)CC3)c2)c(C)c1. The minimum absolute atomic E-state index is 0.0991. The Morgan fingerprint density at radius 1 is 0.967 bits per heavy atom. The summed E-state index contributed by atoms with van der Waals surface area (Å²) in [6, 6.07) is 16.4. The number of aryl methyl sites for hydroxylation is 2. The molecule has 0 radical (unpaired) electrons. The van der Waals surface area contributed by atoms with Crippen LogP contribution in [0.15, 0.2) is 65.8 Å². The number of aromatic nitrogens is 2. The lowest BCUT2D eigenvalue weighted by atomic mass is 10.1. The van der Waals surface area contributed by atoms with E-state index in [9.17, 15) is 4.79 Å². The van der Waals surface area contributed by atoms with Crippen molar-refractivity contribution in [2.24, 2.45) is 0 Å². The maximum absolute atomic E-state index is 13.0. The van der Waals surface area contributed by atoms with Crippen molar-refractivity contribution in [1.29, 1.82) is 0 Å². The fourth-order valence-corrected chi connectivity index (χ4v) is 4.62. The zero-order chi connectivity index (χ0) is 20.9. The van der Waals surface area contributed by atoms with Crippen LogP contribution in [0.4, 0.5) is 5.95 Å². The first-order valence-corrected chi connectivity index (χ1v) is 11.2. The smallest absolute Gasteiger partial charge is 0.253 e. The van der Waals surface area contributed by atoms with Gasteiger partial charge >= 0.3 is 0 Å². The molecule has 30 heavy (non-hydrogen) atoms. The van der Waals surface area contributed by atoms with Crippen molar-refractivity contribution < 1.29 is 4.79 Å². The number of nitrogens with zero attached hydrogens (tertiary/aromatic N) is 4. The lowest BCUT2D eigenvalue weighted by molar-refractivity contribution is 0.0746. The zero-order valence-electron chi connectivity index (χ0n) is 17.4. The third-order valence-electron chi connectivity index (χ3n) is 5.30. The fourth-order valence-electron chi connectivity index (χ4n) is 3.66. The molecule has 3 aromatic rings. The second-order valence-electron chi connectivity index (χ2n) is 7.59. The molecule has 0 atom stereocenters. The maximum Gasteiger partial charge on any atom is 0.253 e. The average Bonchev–Trinajstić information content (AvgIpc) is 2.79. The molecule has 5 nitrogen and oxygen atoms in total. The molecule has 0 spiro atoms. The number of carbonyl (C=O) groups is 1. The van der Waals surface area contributed by atoms with E-state index in [4.69, 9.17) is 0 Å². The number of hydrogen-bond acceptors (Lipinski definition) is 5. The molecule has 2 aromatic carbocycles. The average molecular weight is 419 g/mol. The number of benzene rings is 2. The van der Waals surface area contributed by atoms with Crippen LogP contribution in [0.3, 0.4) is 0 Å². The third kappa shape index (κ3) is 4.82. The summed E-state index contributed by atoms with van der Waals surface area (Å²) in [5, 5.41) is 0. The Labute approximate surface area is 182 Å². The molecular weight excluding hydrogens is 392 g/mol. The van der Waals surface area contributed by atoms with Crippen LogP contribution < -0.4 is 4.90 Å². The number of anilines is 1. The Kier molecular flexibility index (Phi) is 6.33. The van der Waals surface area contributed by atoms with Crippen molar-refractivity contribution in [2.75, 3.05) is 31.1 Å². The van der Waals surface area contributed by atoms with E-state index in [-0.39, 0.29) is 5.91 Å². The molecule has 0 bridgehead atoms. The molecule has 0 aliphatic carbocycles. The Morgan fingerprint density at radius 3 is 2.47 bits per heavy atom. The zero-order valence-corrected chi connectivity index (χ0v) is 18.2. The van der Waals surface area contributed by atoms with Crippen LogP contribution >= 0.6 is 11.8 Å². The highest BCUT2D eigenvalue weighted by Crippen LogP contribution is 2.27. The summed E-state index contributed by atoms with van der Waals surface area (Å²) in [5.74, 6) is 1.68. The lowest BCUT2D eigenvalue weighted by Gasteiger charge is -2.34. The molecule has 1 aliphatic heterocycles. The van der Waals surface area contributed by atoms with E-state index in [1.165, 1.54) is 21.6 Å². The van der Waals surface area contributed by atoms with Gasteiger partial charge in [0, 0.05) is 54.8 Å². The largest absolute Gasteiger partial charge is 0.337 e. The summed E-state index contributed by atoms with van der Waals surface area (Å²) in [6.45, 7) is 7.12. The summed E-state index contributed by atoms with van der Waals surface area (Å²) in [5.41, 5.74) is 4.51. The Morgan fingerprint density at radius 2 is 1.73 bits per heavy atom. The number of piperazine rings is 1. The van der Waals surface area contributed by atoms with Gasteiger partial charge in [-0.25, -0.2) is 9.97 Å². The van der Waals surface area contributed by atoms with Gasteiger partial charge in [-0.3, -0.25) is 4.79 Å². The Balaban J connectivity index is 1.37. The number of amides is 1. The van der Waals surface area contributed by atoms with Crippen LogP contribution in [0.2, 0.25) is 0 Å². The van der Waals surface area contributed by atoms with Gasteiger partial charge in [0.15, 0.2) is 0 Å². The second kappa shape index (κ2) is 9.30. The van der Waals surface area contributed by atoms with E-state index < -0.39 is 0 Å². The number of thioether (sulfide) groups is 1. The summed E-state index contributed by atoms with van der Waals surface area (Å²) < 4.78 is 0. The summed E-state index contributed by atoms with van der Waals surface area (Å²) in [4.78, 5) is 27.0. The predicted molar refractivity (Wildman–Crippen MR) is 122 cm³/mol. The van der Waals surface area contributed by atoms with Gasteiger partial charge in [-0.15, -0.1) is 11.8 Å². The van der Waals surface area contributed by atoms with E-state index in [0.717, 1.165) is 30.4 Å². The van der Waals surface area contributed by atoms with Gasteiger partial charge in [-0.05, 0) is 49.2 Å². The van der Waals surface area contributed by atoms with E-state index in [0.29, 0.717) is 13.1 Å². The number of rotatable bonds is 5. The quantitative estimate of drug-likeness (QED) is 0.577. The summed E-state index contributed by atoms with van der Waals surface area (Å²) in [7, 11) is 0. The minimum atomic E-state index is 0.0991. The van der Waals surface area contributed by atoms with E-state index in [1.807, 2.05) is 40.9 Å². The van der Waals surface area contributed by atoms with E-state index >= 15 is 0 Å². The normalized spacial score (nSPS) is 14.1. The van der Waals surface area contributed by atoms with Crippen LogP contribution in [-0.4, -0.2) is 47.0 Å². The minimum Gasteiger partial charge on any atom is -0.337 e. The predicted octanol–water partition coefficient (Wildman–Crippen LogP) is 4.35. The van der Waals surface area contributed by atoms with Crippen LogP contribution in [0, 0.1) is 13.8 Å². The molecule has 0 saturated carbocycles. The molecule has 0 unspecified atom stereocenters. The van der Waals surface area contributed by atoms with Crippen LogP contribution in [0.25, 0.3) is 0 Å². The highest BCUT2D eigenvalue weighted by atomic mass is 32.2. The molecule has 0 N–H and O–H groups in total. The van der Waals surface area contributed by atoms with Gasteiger partial charge in [0.1, 0.15) is 0 Å². The highest BCUT2D eigenvalue weighted by Gasteiger charge is 2.23. The Hall–Kier alpha value is -2.86. The molecule has 1 amide bonds. The summed E-state index contributed by atoms with van der Waals surface area (Å²) >= 11 is 1.82. The molecule has 154 valence electrons. The van der Waals surface area contributed by atoms with Gasteiger partial charge in [-0.1, -0.05) is 29.8 Å². The van der Waals surface area contributed by atoms with Crippen LogP contribution in [0.5, 0.6) is 0 Å². The standard InChI is InChI=1S/C24H26N4OS/c1-18-7-8-22(19(2)15-18)30-17-20-5-3-6-21(16-20)23(29)27-11-13-28(14-12-27)24-25-9-4-10-26-24/h3-10,15-16H,11-14,17H2,1-2H3. The number of carbonyl (C=O) groups excluding carboxylic acids is 1. The van der Waals surface area contributed by atoms with E-state index in [1.54, 1.807) is 12.4 Å². The first kappa shape index (κ1) is 20.4. The molecule has 1 aliphatic rings. The molecular formula is C24H26N4OS. The van der Waals surface area contributed by atoms with Crippen LogP contribution in [0.1, 0.15) is 27.0 Å². The van der Waals surface area contributed by atoms with Crippen molar-refractivity contribution in [2.45, 2.75) is 24.5 Å². The molecule has 1 saturated heterocycles. The molecule has 4 rings (SSSR count). The van der Waals surface area contributed by atoms with Gasteiger partial charge in [0.05, 0.1) is 0 Å². The molecule has 2 heterocycles. The number of hydrogen-bond donors (Lipinski definition) is 0. The van der Waals surface area contributed by atoms with Gasteiger partial charge in [0.25, 0.3) is 5.91 Å². The van der Waals surface area contributed by atoms with E-state index in [2.05, 4.69) is 53.0 Å². The van der Waals surface area contributed by atoms with Crippen LogP contribution in [-0.2, 0) is 5.75 Å². The van der Waals surface area contributed by atoms with Crippen molar-refractivity contribution in [3.05, 3.63) is 83.2 Å². The topological polar surface area (TPSA) is 49.3 Å². The first-order chi connectivity index (χ1) is 14.6. The van der Waals surface area contributed by atoms with Gasteiger partial charge in [0.2, 0.25) is 5.95 Å². The van der Waals surface area contributed by atoms with Crippen molar-refractivity contribution in [1.82, 2.24) is 14.9 Å². The molecule has 1 fully saturated rings. The van der Waals surface area contributed by atoms with Crippen molar-refractivity contribution in [3.63, 3.8) is 0 Å². The maximum atomic E-state index is 13.0. The Bertz CT molecular complexity index is 1020. The van der Waals surface area contributed by atoms with Gasteiger partial charge < -0.3 is 9.80 Å². The first-order valence-electron chi connectivity index (χ1n) is 10.2. The summed E-state index contributed by atoms with van der Waals surface area (Å²) in [6.07, 6.45) is 3.50. The lowest BCUT2D eigenvalue weighted by Crippen LogP contribution is -2.49. The fraction of sp³-hybridized carbons (Fsp3) is 0.292. The van der Waals surface area contributed by atoms with Crippen molar-refractivity contribution >= 4 is 23.6 Å². The monoisotopic (exact) mass is 418 g/mol. The molecule has 1 aromatic heterocycles. The highest BCUT2D eigenvalue weighted by molar-refractivity contribution is 7.98. The second-order valence-corrected chi connectivity index (χ2v) is 8.60. The molecule has 6 heteroatoms. The van der Waals surface area contributed by atoms with Crippen molar-refractivity contribution in [3.8, 4) is 0 Å².